The molecule has 0 bridgehead atoms. The van der Waals surface area contributed by atoms with Gasteiger partial charge in [0.1, 0.15) is 11.9 Å². The Morgan fingerprint density at radius 1 is 1.30 bits per heavy atom. The van der Waals surface area contributed by atoms with E-state index < -0.39 is 6.04 Å². The van der Waals surface area contributed by atoms with Gasteiger partial charge in [0.25, 0.3) is 0 Å². The maximum atomic E-state index is 13.8. The van der Waals surface area contributed by atoms with Crippen LogP contribution in [0.5, 0.6) is 0 Å². The molecule has 2 aliphatic heterocycles. The van der Waals surface area contributed by atoms with Crippen LogP contribution in [-0.4, -0.2) is 52.9 Å². The summed E-state index contributed by atoms with van der Waals surface area (Å²) in [6, 6.07) is 6.22. The number of nitrogens with zero attached hydrogens (tertiary/aromatic N) is 1. The van der Waals surface area contributed by atoms with Gasteiger partial charge in [-0.25, -0.2) is 4.39 Å². The second-order valence-corrected chi connectivity index (χ2v) is 8.82. The fourth-order valence-corrected chi connectivity index (χ4v) is 5.62. The maximum absolute atomic E-state index is 13.8. The van der Waals surface area contributed by atoms with Crippen LogP contribution in [0.3, 0.4) is 0 Å². The van der Waals surface area contributed by atoms with Crippen molar-refractivity contribution in [2.75, 3.05) is 18.8 Å². The van der Waals surface area contributed by atoms with Gasteiger partial charge < -0.3 is 16.0 Å². The van der Waals surface area contributed by atoms with E-state index in [1.54, 1.807) is 18.2 Å². The van der Waals surface area contributed by atoms with E-state index >= 15 is 0 Å². The van der Waals surface area contributed by atoms with E-state index in [1.807, 2.05) is 4.90 Å². The standard InChI is InChI=1S/C19H24FN3O2S.ClH/c20-14-4-2-1-3-11(14)7-17-18(24)22-16(10-26-17)19(25)23-8-12-5-6-15(21)13(12)9-23;/h1-4,12-13,15-17H,5-10,21H2,(H,22,24);1H. The largest absolute Gasteiger partial charge is 0.343 e. The first-order valence-corrected chi connectivity index (χ1v) is 10.3. The van der Waals surface area contributed by atoms with Crippen LogP contribution in [0.15, 0.2) is 24.3 Å². The normalized spacial score (nSPS) is 32.6. The number of likely N-dealkylation sites (tertiary alicyclic amines) is 1. The molecule has 5 nitrogen and oxygen atoms in total. The molecule has 0 spiro atoms. The second-order valence-electron chi connectivity index (χ2n) is 7.59. The fourth-order valence-electron chi connectivity index (χ4n) is 4.45. The van der Waals surface area contributed by atoms with Crippen LogP contribution in [-0.2, 0) is 16.0 Å². The number of amides is 2. The highest BCUT2D eigenvalue weighted by atomic mass is 35.5. The first-order valence-electron chi connectivity index (χ1n) is 9.22. The van der Waals surface area contributed by atoms with Gasteiger partial charge in [0.15, 0.2) is 0 Å². The third kappa shape index (κ3) is 4.10. The highest BCUT2D eigenvalue weighted by molar-refractivity contribution is 8.00. The van der Waals surface area contributed by atoms with Crippen LogP contribution in [0.4, 0.5) is 4.39 Å². The van der Waals surface area contributed by atoms with Gasteiger partial charge in [0.2, 0.25) is 11.8 Å². The van der Waals surface area contributed by atoms with Gasteiger partial charge in [-0.3, -0.25) is 9.59 Å². The lowest BCUT2D eigenvalue weighted by atomic mass is 9.98. The molecule has 3 aliphatic rings. The van der Waals surface area contributed by atoms with Crippen LogP contribution in [0, 0.1) is 17.7 Å². The SMILES string of the molecule is Cl.NC1CCC2CN(C(=O)C3CSC(Cc4ccccc4F)C(=O)N3)CC12. The first-order chi connectivity index (χ1) is 12.5. The molecule has 0 radical (unpaired) electrons. The lowest BCUT2D eigenvalue weighted by Gasteiger charge is -2.31. The average Bonchev–Trinajstić information content (AvgIpc) is 3.20. The summed E-state index contributed by atoms with van der Waals surface area (Å²) in [5.74, 6) is 0.964. The van der Waals surface area contributed by atoms with E-state index in [9.17, 15) is 14.0 Å². The minimum atomic E-state index is -0.487. The van der Waals surface area contributed by atoms with E-state index in [2.05, 4.69) is 5.32 Å². The van der Waals surface area contributed by atoms with Crippen molar-refractivity contribution in [2.45, 2.75) is 36.6 Å². The minimum absolute atomic E-state index is 0. The van der Waals surface area contributed by atoms with Gasteiger partial charge >= 0.3 is 0 Å². The quantitative estimate of drug-likeness (QED) is 0.789. The first kappa shape index (κ1) is 20.4. The van der Waals surface area contributed by atoms with E-state index in [0.29, 0.717) is 36.1 Å². The van der Waals surface area contributed by atoms with Crippen LogP contribution >= 0.6 is 24.2 Å². The minimum Gasteiger partial charge on any atom is -0.343 e. The van der Waals surface area contributed by atoms with Crippen molar-refractivity contribution in [1.29, 1.82) is 0 Å². The second kappa shape index (κ2) is 8.37. The van der Waals surface area contributed by atoms with Crippen molar-refractivity contribution in [1.82, 2.24) is 10.2 Å². The Balaban J connectivity index is 0.00000210. The number of nitrogens with one attached hydrogen (secondary N) is 1. The maximum Gasteiger partial charge on any atom is 0.246 e. The van der Waals surface area contributed by atoms with Crippen molar-refractivity contribution in [2.24, 2.45) is 17.6 Å². The molecule has 4 rings (SSSR count). The number of carbonyl (C=O) groups excluding carboxylic acids is 2. The van der Waals surface area contributed by atoms with Crippen LogP contribution in [0.1, 0.15) is 18.4 Å². The summed E-state index contributed by atoms with van der Waals surface area (Å²) < 4.78 is 13.8. The predicted molar refractivity (Wildman–Crippen MR) is 106 cm³/mol. The lowest BCUT2D eigenvalue weighted by Crippen LogP contribution is -2.55. The van der Waals surface area contributed by atoms with E-state index in [4.69, 9.17) is 5.73 Å². The third-order valence-electron chi connectivity index (χ3n) is 5.96. The summed E-state index contributed by atoms with van der Waals surface area (Å²) >= 11 is 1.44. The molecular weight excluding hydrogens is 389 g/mol. The number of hydrogen-bond donors (Lipinski definition) is 2. The Morgan fingerprint density at radius 2 is 2.07 bits per heavy atom. The van der Waals surface area contributed by atoms with Crippen molar-refractivity contribution < 1.29 is 14.0 Å². The Kier molecular flexibility index (Phi) is 6.33. The lowest BCUT2D eigenvalue weighted by molar-refractivity contribution is -0.135. The van der Waals surface area contributed by atoms with Gasteiger partial charge in [-0.15, -0.1) is 24.2 Å². The molecule has 3 fully saturated rings. The molecule has 5 unspecified atom stereocenters. The molecule has 1 aromatic carbocycles. The Hall–Kier alpha value is -1.31. The predicted octanol–water partition coefficient (Wildman–Crippen LogP) is 1.59. The molecule has 1 aliphatic carbocycles. The summed E-state index contributed by atoms with van der Waals surface area (Å²) in [5.41, 5.74) is 6.68. The smallest absolute Gasteiger partial charge is 0.246 e. The number of halogens is 2. The van der Waals surface area contributed by atoms with Crippen molar-refractivity contribution in [3.05, 3.63) is 35.6 Å². The molecule has 5 atom stereocenters. The fraction of sp³-hybridized carbons (Fsp3) is 0.579. The molecule has 2 heterocycles. The summed E-state index contributed by atoms with van der Waals surface area (Å²) in [6.45, 7) is 1.47. The van der Waals surface area contributed by atoms with Crippen LogP contribution in [0.2, 0.25) is 0 Å². The zero-order chi connectivity index (χ0) is 18.3. The van der Waals surface area contributed by atoms with Gasteiger partial charge in [-0.2, -0.15) is 0 Å². The topological polar surface area (TPSA) is 75.4 Å². The van der Waals surface area contributed by atoms with Crippen LogP contribution in [0.25, 0.3) is 0 Å². The molecule has 3 N–H and O–H groups in total. The molecular formula is C19H25ClFN3O2S. The Morgan fingerprint density at radius 3 is 2.78 bits per heavy atom. The van der Waals surface area contributed by atoms with Gasteiger partial charge in [-0.05, 0) is 42.7 Å². The number of hydrogen-bond acceptors (Lipinski definition) is 4. The van der Waals surface area contributed by atoms with Crippen molar-refractivity contribution in [3.8, 4) is 0 Å². The number of carbonyl (C=O) groups is 2. The zero-order valence-electron chi connectivity index (χ0n) is 15.0. The van der Waals surface area contributed by atoms with Gasteiger partial charge in [0.05, 0.1) is 5.25 Å². The summed E-state index contributed by atoms with van der Waals surface area (Å²) in [5, 5.41) is 2.50. The van der Waals surface area contributed by atoms with Crippen molar-refractivity contribution >= 4 is 36.0 Å². The Bertz CT molecular complexity index is 722. The highest BCUT2D eigenvalue weighted by Gasteiger charge is 2.44. The van der Waals surface area contributed by atoms with E-state index in [1.165, 1.54) is 17.8 Å². The zero-order valence-corrected chi connectivity index (χ0v) is 16.6. The number of benzene rings is 1. The molecule has 2 saturated heterocycles. The van der Waals surface area contributed by atoms with Crippen LogP contribution < -0.4 is 11.1 Å². The monoisotopic (exact) mass is 413 g/mol. The van der Waals surface area contributed by atoms with E-state index in [-0.39, 0.29) is 41.3 Å². The molecule has 2 amide bonds. The molecule has 0 aromatic heterocycles. The number of rotatable bonds is 3. The van der Waals surface area contributed by atoms with Gasteiger partial charge in [-0.1, -0.05) is 18.2 Å². The molecule has 148 valence electrons. The van der Waals surface area contributed by atoms with Crippen molar-refractivity contribution in [3.63, 3.8) is 0 Å². The number of nitrogens with two attached hydrogens (primary N) is 1. The molecule has 8 heteroatoms. The molecule has 27 heavy (non-hydrogen) atoms. The summed E-state index contributed by atoms with van der Waals surface area (Å²) in [6.07, 6.45) is 2.48. The Labute approximate surface area is 169 Å². The third-order valence-corrected chi connectivity index (χ3v) is 7.27. The number of thioether (sulfide) groups is 1. The summed E-state index contributed by atoms with van der Waals surface area (Å²) in [4.78, 5) is 27.1. The van der Waals surface area contributed by atoms with Gasteiger partial charge in [0, 0.05) is 24.9 Å². The van der Waals surface area contributed by atoms with E-state index in [0.717, 1.165) is 19.4 Å². The average molecular weight is 414 g/mol. The molecule has 1 aromatic rings. The summed E-state index contributed by atoms with van der Waals surface area (Å²) in [7, 11) is 0. The number of fused-ring (bicyclic) bond motifs is 1. The molecule has 1 saturated carbocycles. The highest BCUT2D eigenvalue weighted by Crippen LogP contribution is 2.37.